The van der Waals surface area contributed by atoms with Crippen LogP contribution in [0.5, 0.6) is 0 Å². The molecule has 0 aliphatic heterocycles. The smallest absolute Gasteiger partial charge is 0.258 e. The second-order valence-corrected chi connectivity index (χ2v) is 5.58. The van der Waals surface area contributed by atoms with E-state index in [9.17, 15) is 60.7 Å². The van der Waals surface area contributed by atoms with Gasteiger partial charge in [-0.05, 0) is 0 Å². The maximum atomic E-state index is 11.4. The quantitative estimate of drug-likeness (QED) is 0.425. The first-order chi connectivity index (χ1) is 14.4. The monoisotopic (exact) mass is 438 g/mol. The van der Waals surface area contributed by atoms with Crippen molar-refractivity contribution in [3.05, 3.63) is 96.1 Å². The van der Waals surface area contributed by atoms with E-state index in [1.54, 1.807) is 0 Å². The van der Waals surface area contributed by atoms with Gasteiger partial charge in [0.1, 0.15) is 11.1 Å². The molecule has 160 valence electrons. The highest BCUT2D eigenvalue weighted by atomic mass is 16.7. The van der Waals surface area contributed by atoms with Gasteiger partial charge in [0.15, 0.2) is 0 Å². The number of nitro benzene ring substituents is 6. The van der Waals surface area contributed by atoms with Gasteiger partial charge in [0.05, 0.1) is 29.5 Å². The Morgan fingerprint density at radius 2 is 0.710 bits per heavy atom. The summed E-state index contributed by atoms with van der Waals surface area (Å²) >= 11 is 0. The van der Waals surface area contributed by atoms with Gasteiger partial charge in [0.25, 0.3) is 11.4 Å². The summed E-state index contributed by atoms with van der Waals surface area (Å²) in [4.78, 5) is 60.1. The molecule has 0 amide bonds. The maximum Gasteiger partial charge on any atom is 0.356 e. The van der Waals surface area contributed by atoms with Crippen molar-refractivity contribution in [2.24, 2.45) is 0 Å². The first-order valence-corrected chi connectivity index (χ1v) is 7.56. The van der Waals surface area contributed by atoms with Gasteiger partial charge in [-0.3, -0.25) is 60.7 Å². The molecular formula is C13H6N6O12. The minimum Gasteiger partial charge on any atom is -0.258 e. The fourth-order valence-electron chi connectivity index (χ4n) is 2.80. The van der Waals surface area contributed by atoms with Crippen LogP contribution in [0.1, 0.15) is 11.1 Å². The van der Waals surface area contributed by atoms with E-state index in [0.717, 1.165) is 0 Å². The molecule has 0 fully saturated rings. The lowest BCUT2D eigenvalue weighted by Gasteiger charge is -2.07. The van der Waals surface area contributed by atoms with Gasteiger partial charge in [-0.25, -0.2) is 0 Å². The van der Waals surface area contributed by atoms with Crippen LogP contribution in [0, 0.1) is 60.7 Å². The molecule has 0 N–H and O–H groups in total. The Balaban J connectivity index is 3.02. The zero-order chi connectivity index (χ0) is 23.6. The Morgan fingerprint density at radius 1 is 0.452 bits per heavy atom. The van der Waals surface area contributed by atoms with Crippen LogP contribution in [-0.2, 0) is 6.42 Å². The molecule has 0 saturated carbocycles. The van der Waals surface area contributed by atoms with Crippen LogP contribution in [0.15, 0.2) is 24.3 Å². The molecule has 0 heterocycles. The highest BCUT2D eigenvalue weighted by Gasteiger charge is 2.40. The molecule has 0 bridgehead atoms. The number of hydrogen-bond donors (Lipinski definition) is 0. The van der Waals surface area contributed by atoms with Crippen LogP contribution in [0.2, 0.25) is 0 Å². The average molecular weight is 438 g/mol. The van der Waals surface area contributed by atoms with Crippen molar-refractivity contribution in [2.45, 2.75) is 6.42 Å². The van der Waals surface area contributed by atoms with E-state index >= 15 is 0 Å². The zero-order valence-corrected chi connectivity index (χ0v) is 14.6. The second-order valence-electron chi connectivity index (χ2n) is 5.58. The lowest BCUT2D eigenvalue weighted by molar-refractivity contribution is -0.426. The van der Waals surface area contributed by atoms with E-state index in [4.69, 9.17) is 0 Å². The minimum atomic E-state index is -1.44. The SMILES string of the molecule is O=[N+]([O-])c1ccc([N+](=O)[O-])c([N+](=O)[O-])c1Cc1c([N+](=O)[O-])ccc([N+](=O)[O-])c1[N+](=O)[O-]. The normalized spacial score (nSPS) is 10.3. The fraction of sp³-hybridized carbons (Fsp3) is 0.0769. The first-order valence-electron chi connectivity index (χ1n) is 7.56. The van der Waals surface area contributed by atoms with Crippen LogP contribution in [0.3, 0.4) is 0 Å². The first kappa shape index (κ1) is 22.1. The van der Waals surface area contributed by atoms with E-state index in [0.29, 0.717) is 24.3 Å². The van der Waals surface area contributed by atoms with E-state index < -0.39 is 81.2 Å². The largest absolute Gasteiger partial charge is 0.356 e. The van der Waals surface area contributed by atoms with Crippen molar-refractivity contribution in [3.63, 3.8) is 0 Å². The Morgan fingerprint density at radius 3 is 0.935 bits per heavy atom. The van der Waals surface area contributed by atoms with Crippen LogP contribution in [0.25, 0.3) is 0 Å². The van der Waals surface area contributed by atoms with E-state index in [1.807, 2.05) is 0 Å². The molecule has 2 rings (SSSR count). The predicted molar refractivity (Wildman–Crippen MR) is 95.6 cm³/mol. The van der Waals surface area contributed by atoms with Crippen molar-refractivity contribution >= 4 is 34.1 Å². The molecule has 31 heavy (non-hydrogen) atoms. The molecule has 0 aliphatic carbocycles. The zero-order valence-electron chi connectivity index (χ0n) is 14.6. The van der Waals surface area contributed by atoms with Gasteiger partial charge in [-0.1, -0.05) is 0 Å². The molecule has 0 aliphatic rings. The summed E-state index contributed by atoms with van der Waals surface area (Å²) in [6.07, 6.45) is -1.32. The molecule has 2 aromatic carbocycles. The van der Waals surface area contributed by atoms with E-state index in [1.165, 1.54) is 0 Å². The number of rotatable bonds is 8. The lowest BCUT2D eigenvalue weighted by Crippen LogP contribution is -2.09. The number of nitrogens with zero attached hydrogens (tertiary/aromatic N) is 6. The van der Waals surface area contributed by atoms with Crippen LogP contribution in [-0.4, -0.2) is 29.5 Å². The summed E-state index contributed by atoms with van der Waals surface area (Å²) in [5.74, 6) is 0. The van der Waals surface area contributed by atoms with Gasteiger partial charge in [-0.15, -0.1) is 0 Å². The Labute approximate surface area is 167 Å². The molecule has 0 saturated heterocycles. The average Bonchev–Trinajstić information content (AvgIpc) is 2.65. The van der Waals surface area contributed by atoms with Gasteiger partial charge < -0.3 is 0 Å². The van der Waals surface area contributed by atoms with Crippen molar-refractivity contribution in [1.82, 2.24) is 0 Å². The third kappa shape index (κ3) is 4.01. The standard InChI is InChI=1S/C13H6N6O12/c20-14(21)8-1-3-10(16(24)25)12(18(28)29)6(8)5-7-9(15(22)23)2-4-11(17(26)27)13(7)19(30)31/h1-4H,5H2. The van der Waals surface area contributed by atoms with Crippen LogP contribution in [0.4, 0.5) is 34.1 Å². The summed E-state index contributed by atoms with van der Waals surface area (Å²) in [6.45, 7) is 0. The summed E-state index contributed by atoms with van der Waals surface area (Å²) in [5.41, 5.74) is -9.67. The molecule has 0 aromatic heterocycles. The Hall–Kier alpha value is -5.16. The number of benzene rings is 2. The highest BCUT2D eigenvalue weighted by Crippen LogP contribution is 2.43. The molecule has 0 radical (unpaired) electrons. The second kappa shape index (κ2) is 8.06. The van der Waals surface area contributed by atoms with Crippen molar-refractivity contribution in [2.75, 3.05) is 0 Å². The highest BCUT2D eigenvalue weighted by molar-refractivity contribution is 5.71. The molecule has 18 heteroatoms. The maximum absolute atomic E-state index is 11.4. The van der Waals surface area contributed by atoms with Crippen molar-refractivity contribution in [1.29, 1.82) is 0 Å². The minimum absolute atomic E-state index is 0.454. The van der Waals surface area contributed by atoms with E-state index in [-0.39, 0.29) is 0 Å². The fourth-order valence-corrected chi connectivity index (χ4v) is 2.80. The topological polar surface area (TPSA) is 259 Å². The van der Waals surface area contributed by atoms with Gasteiger partial charge in [0, 0.05) is 30.7 Å². The van der Waals surface area contributed by atoms with Crippen molar-refractivity contribution in [3.8, 4) is 0 Å². The number of hydrogen-bond acceptors (Lipinski definition) is 12. The summed E-state index contributed by atoms with van der Waals surface area (Å²) in [7, 11) is 0. The molecule has 0 atom stereocenters. The Kier molecular flexibility index (Phi) is 5.76. The molecule has 18 nitrogen and oxygen atoms in total. The summed E-state index contributed by atoms with van der Waals surface area (Å²) in [5, 5.41) is 67.8. The molecule has 0 unspecified atom stereocenters. The van der Waals surface area contributed by atoms with Crippen LogP contribution < -0.4 is 0 Å². The Bertz CT molecular complexity index is 1100. The van der Waals surface area contributed by atoms with E-state index in [2.05, 4.69) is 0 Å². The summed E-state index contributed by atoms with van der Waals surface area (Å²) in [6, 6.07) is 1.93. The number of nitro groups is 6. The third-order valence-corrected chi connectivity index (χ3v) is 3.98. The third-order valence-electron chi connectivity index (χ3n) is 3.98. The summed E-state index contributed by atoms with van der Waals surface area (Å²) < 4.78 is 0. The predicted octanol–water partition coefficient (Wildman–Crippen LogP) is 2.73. The van der Waals surface area contributed by atoms with Gasteiger partial charge in [0.2, 0.25) is 0 Å². The molecular weight excluding hydrogens is 432 g/mol. The van der Waals surface area contributed by atoms with Gasteiger partial charge in [-0.2, -0.15) is 0 Å². The van der Waals surface area contributed by atoms with Gasteiger partial charge >= 0.3 is 22.7 Å². The molecule has 2 aromatic rings. The lowest BCUT2D eigenvalue weighted by atomic mass is 9.97. The molecule has 0 spiro atoms. The van der Waals surface area contributed by atoms with Crippen LogP contribution >= 0.6 is 0 Å². The van der Waals surface area contributed by atoms with Crippen molar-refractivity contribution < 1.29 is 29.5 Å².